The van der Waals surface area contributed by atoms with Gasteiger partial charge in [-0.05, 0) is 18.8 Å². The highest BCUT2D eigenvalue weighted by Gasteiger charge is 2.33. The number of aliphatic carboxylic acids is 1. The number of carboxylic acids is 1. The molecule has 0 saturated heterocycles. The van der Waals surface area contributed by atoms with Crippen LogP contribution < -0.4 is 0 Å². The van der Waals surface area contributed by atoms with E-state index >= 15 is 0 Å². The number of carbonyl (C=O) groups is 1. The lowest BCUT2D eigenvalue weighted by atomic mass is 10.1. The Morgan fingerprint density at radius 3 is 2.40 bits per heavy atom. The Morgan fingerprint density at radius 1 is 1.60 bits per heavy atom. The van der Waals surface area contributed by atoms with Gasteiger partial charge in [0, 0.05) is 0 Å². The van der Waals surface area contributed by atoms with Crippen molar-refractivity contribution in [1.82, 2.24) is 0 Å². The minimum atomic E-state index is -1.10. The topological polar surface area (TPSA) is 57.5 Å². The van der Waals surface area contributed by atoms with E-state index in [0.717, 1.165) is 12.8 Å². The van der Waals surface area contributed by atoms with Crippen molar-refractivity contribution < 1.29 is 15.0 Å². The van der Waals surface area contributed by atoms with Gasteiger partial charge in [-0.3, -0.25) is 0 Å². The number of hydrogen-bond acceptors (Lipinski definition) is 2. The average Bonchev–Trinajstić information content (AvgIpc) is 2.65. The number of aliphatic hydroxyl groups excluding tert-OH is 1. The summed E-state index contributed by atoms with van der Waals surface area (Å²) in [6.45, 7) is 3.27. The second-order valence-corrected chi connectivity index (χ2v) is 2.61. The Bertz CT molecular complexity index is 170. The normalized spacial score (nSPS) is 20.1. The van der Waals surface area contributed by atoms with Crippen molar-refractivity contribution in [2.45, 2.75) is 18.9 Å². The summed E-state index contributed by atoms with van der Waals surface area (Å²) in [5, 5.41) is 17.5. The highest BCUT2D eigenvalue weighted by Crippen LogP contribution is 2.35. The van der Waals surface area contributed by atoms with E-state index in [0.29, 0.717) is 0 Å². The molecular formula is C7H10O3. The molecule has 1 aliphatic carbocycles. The summed E-state index contributed by atoms with van der Waals surface area (Å²) in [7, 11) is 0. The van der Waals surface area contributed by atoms with Crippen molar-refractivity contribution in [3.63, 3.8) is 0 Å². The zero-order valence-electron chi connectivity index (χ0n) is 5.58. The molecule has 3 nitrogen and oxygen atoms in total. The first-order valence-corrected chi connectivity index (χ1v) is 3.23. The van der Waals surface area contributed by atoms with E-state index in [4.69, 9.17) is 10.2 Å². The minimum Gasteiger partial charge on any atom is -0.478 e. The summed E-state index contributed by atoms with van der Waals surface area (Å²) in [6.07, 6.45) is 1.03. The van der Waals surface area contributed by atoms with Crippen LogP contribution >= 0.6 is 0 Å². The molecule has 1 saturated carbocycles. The van der Waals surface area contributed by atoms with Crippen molar-refractivity contribution in [3.8, 4) is 0 Å². The third-order valence-electron chi connectivity index (χ3n) is 1.70. The third-order valence-corrected chi connectivity index (χ3v) is 1.70. The Hall–Kier alpha value is -0.830. The van der Waals surface area contributed by atoms with E-state index < -0.39 is 12.1 Å². The molecule has 0 aromatic rings. The second-order valence-electron chi connectivity index (χ2n) is 2.61. The van der Waals surface area contributed by atoms with Crippen LogP contribution in [0.2, 0.25) is 0 Å². The summed E-state index contributed by atoms with van der Waals surface area (Å²) in [5.41, 5.74) is -0.0810. The molecule has 0 heterocycles. The first kappa shape index (κ1) is 7.28. The van der Waals surface area contributed by atoms with Crippen LogP contribution in [0.4, 0.5) is 0 Å². The molecule has 10 heavy (non-hydrogen) atoms. The van der Waals surface area contributed by atoms with Crippen LogP contribution in [-0.2, 0) is 4.79 Å². The van der Waals surface area contributed by atoms with Crippen molar-refractivity contribution in [3.05, 3.63) is 12.2 Å². The van der Waals surface area contributed by atoms with Crippen LogP contribution in [0.15, 0.2) is 12.2 Å². The molecule has 0 amide bonds. The quantitative estimate of drug-likeness (QED) is 0.561. The van der Waals surface area contributed by atoms with Crippen LogP contribution in [0.3, 0.4) is 0 Å². The van der Waals surface area contributed by atoms with Crippen molar-refractivity contribution in [2.24, 2.45) is 5.92 Å². The highest BCUT2D eigenvalue weighted by molar-refractivity contribution is 5.87. The summed E-state index contributed by atoms with van der Waals surface area (Å²) >= 11 is 0. The molecule has 1 atom stereocenters. The van der Waals surface area contributed by atoms with E-state index in [1.807, 2.05) is 0 Å². The van der Waals surface area contributed by atoms with Gasteiger partial charge >= 0.3 is 5.97 Å². The predicted octanol–water partition coefficient (Wildman–Crippen LogP) is 0.398. The summed E-state index contributed by atoms with van der Waals surface area (Å²) in [4.78, 5) is 10.2. The van der Waals surface area contributed by atoms with Gasteiger partial charge < -0.3 is 10.2 Å². The molecular weight excluding hydrogens is 132 g/mol. The summed E-state index contributed by atoms with van der Waals surface area (Å²) in [5.74, 6) is -0.942. The molecule has 1 rings (SSSR count). The van der Waals surface area contributed by atoms with E-state index in [1.165, 1.54) is 0 Å². The maximum Gasteiger partial charge on any atom is 0.333 e. The molecule has 3 heteroatoms. The number of rotatable bonds is 3. The van der Waals surface area contributed by atoms with Crippen molar-refractivity contribution in [2.75, 3.05) is 0 Å². The molecule has 2 N–H and O–H groups in total. The van der Waals surface area contributed by atoms with Gasteiger partial charge in [-0.1, -0.05) is 6.58 Å². The molecule has 1 fully saturated rings. The molecule has 0 aromatic heterocycles. The molecule has 56 valence electrons. The van der Waals surface area contributed by atoms with Gasteiger partial charge in [0.2, 0.25) is 0 Å². The SMILES string of the molecule is C=C(C(=O)O)C(O)C1CC1. The zero-order chi connectivity index (χ0) is 7.72. The molecule has 0 spiro atoms. The van der Waals surface area contributed by atoms with Crippen LogP contribution in [-0.4, -0.2) is 22.3 Å². The molecule has 1 aliphatic rings. The van der Waals surface area contributed by atoms with Crippen LogP contribution in [0.1, 0.15) is 12.8 Å². The monoisotopic (exact) mass is 142 g/mol. The maximum atomic E-state index is 10.2. The Morgan fingerprint density at radius 2 is 2.10 bits per heavy atom. The Kier molecular flexibility index (Phi) is 1.76. The van der Waals surface area contributed by atoms with Gasteiger partial charge in [0.1, 0.15) is 0 Å². The van der Waals surface area contributed by atoms with Gasteiger partial charge in [0.05, 0.1) is 11.7 Å². The van der Waals surface area contributed by atoms with Gasteiger partial charge in [0.25, 0.3) is 0 Å². The van der Waals surface area contributed by atoms with E-state index in [2.05, 4.69) is 6.58 Å². The highest BCUT2D eigenvalue weighted by atomic mass is 16.4. The average molecular weight is 142 g/mol. The first-order valence-electron chi connectivity index (χ1n) is 3.23. The van der Waals surface area contributed by atoms with E-state index in [9.17, 15) is 4.79 Å². The largest absolute Gasteiger partial charge is 0.478 e. The Labute approximate surface area is 59.0 Å². The minimum absolute atomic E-state index is 0.0810. The fraction of sp³-hybridized carbons (Fsp3) is 0.571. The number of hydrogen-bond donors (Lipinski definition) is 2. The smallest absolute Gasteiger partial charge is 0.333 e. The van der Waals surface area contributed by atoms with Gasteiger partial charge in [-0.15, -0.1) is 0 Å². The molecule has 1 unspecified atom stereocenters. The van der Waals surface area contributed by atoms with Crippen LogP contribution in [0.5, 0.6) is 0 Å². The zero-order valence-corrected chi connectivity index (χ0v) is 5.58. The standard InChI is InChI=1S/C7H10O3/c1-4(7(9)10)6(8)5-2-3-5/h5-6,8H,1-3H2,(H,9,10). The lowest BCUT2D eigenvalue weighted by molar-refractivity contribution is -0.133. The van der Waals surface area contributed by atoms with Crippen LogP contribution in [0.25, 0.3) is 0 Å². The lowest BCUT2D eigenvalue weighted by Crippen LogP contribution is -2.18. The maximum absolute atomic E-state index is 10.2. The van der Waals surface area contributed by atoms with Gasteiger partial charge in [0.15, 0.2) is 0 Å². The molecule has 0 aliphatic heterocycles. The number of aliphatic hydroxyl groups is 1. The number of carboxylic acid groups (broad SMARTS) is 1. The fourth-order valence-corrected chi connectivity index (χ4v) is 0.823. The Balaban J connectivity index is 2.46. The van der Waals surface area contributed by atoms with Crippen molar-refractivity contribution in [1.29, 1.82) is 0 Å². The van der Waals surface area contributed by atoms with Crippen LogP contribution in [0, 0.1) is 5.92 Å². The molecule has 0 radical (unpaired) electrons. The lowest BCUT2D eigenvalue weighted by Gasteiger charge is -2.06. The summed E-state index contributed by atoms with van der Waals surface area (Å²) in [6, 6.07) is 0. The van der Waals surface area contributed by atoms with Gasteiger partial charge in [-0.25, -0.2) is 4.79 Å². The van der Waals surface area contributed by atoms with E-state index in [1.54, 1.807) is 0 Å². The predicted molar refractivity (Wildman–Crippen MR) is 35.5 cm³/mol. The summed E-state index contributed by atoms with van der Waals surface area (Å²) < 4.78 is 0. The third kappa shape index (κ3) is 1.36. The second kappa shape index (κ2) is 2.42. The van der Waals surface area contributed by atoms with Gasteiger partial charge in [-0.2, -0.15) is 0 Å². The molecule has 0 bridgehead atoms. The van der Waals surface area contributed by atoms with Crippen molar-refractivity contribution >= 4 is 5.97 Å². The van der Waals surface area contributed by atoms with E-state index in [-0.39, 0.29) is 11.5 Å². The fourth-order valence-electron chi connectivity index (χ4n) is 0.823. The molecule has 0 aromatic carbocycles. The first-order chi connectivity index (χ1) is 4.63.